The van der Waals surface area contributed by atoms with Crippen LogP contribution in [-0.4, -0.2) is 15.8 Å². The molecule has 0 N–H and O–H groups in total. The van der Waals surface area contributed by atoms with Crippen molar-refractivity contribution in [1.29, 1.82) is 0 Å². The van der Waals surface area contributed by atoms with Crippen molar-refractivity contribution in [1.82, 2.24) is 0 Å². The number of rotatable bonds is 4. The number of carbonyl (C=O) groups is 1. The number of carbonyl (C=O) groups excluding carboxylic acids is 1. The van der Waals surface area contributed by atoms with Crippen LogP contribution in [0.4, 0.5) is 0 Å². The number of allylic oxidation sites excluding steroid dienone is 2. The first-order chi connectivity index (χ1) is 10.3. The zero-order chi connectivity index (χ0) is 16.3. The average Bonchev–Trinajstić information content (AvgIpc) is 2.84. The number of hydrogen-bond donors (Lipinski definition) is 0. The molecule has 2 atom stereocenters. The molecule has 0 heterocycles. The monoisotopic (exact) mass is 320 g/mol. The molecule has 0 spiro atoms. The Balaban J connectivity index is 2.06. The van der Waals surface area contributed by atoms with Crippen LogP contribution in [0.1, 0.15) is 45.6 Å². The molecule has 0 amide bonds. The predicted molar refractivity (Wildman–Crippen MR) is 88.9 cm³/mol. The molecular formula is C18H24O3S. The first-order valence-electron chi connectivity index (χ1n) is 7.66. The number of hydrogen-bond acceptors (Lipinski definition) is 3. The minimum atomic E-state index is -1.18. The lowest BCUT2D eigenvalue weighted by atomic mass is 10.1. The van der Waals surface area contributed by atoms with Gasteiger partial charge in [0.05, 0.1) is 17.2 Å². The lowest BCUT2D eigenvalue weighted by Crippen LogP contribution is -2.25. The van der Waals surface area contributed by atoms with Crippen molar-refractivity contribution in [3.63, 3.8) is 0 Å². The van der Waals surface area contributed by atoms with E-state index in [0.717, 1.165) is 28.2 Å². The van der Waals surface area contributed by atoms with Gasteiger partial charge in [0.15, 0.2) is 0 Å². The Labute approximate surface area is 135 Å². The smallest absolute Gasteiger partial charge is 0.306 e. The lowest BCUT2D eigenvalue weighted by Gasteiger charge is -2.21. The molecule has 4 heteroatoms. The van der Waals surface area contributed by atoms with Gasteiger partial charge in [-0.2, -0.15) is 0 Å². The van der Waals surface area contributed by atoms with Crippen LogP contribution in [0, 0.1) is 12.8 Å². The van der Waals surface area contributed by atoms with Gasteiger partial charge < -0.3 is 4.74 Å². The largest absolute Gasteiger partial charge is 0.460 e. The van der Waals surface area contributed by atoms with Crippen molar-refractivity contribution in [3.8, 4) is 0 Å². The molecule has 0 radical (unpaired) electrons. The molecule has 0 fully saturated rings. The molecule has 120 valence electrons. The molecular weight excluding hydrogens is 296 g/mol. The van der Waals surface area contributed by atoms with E-state index in [1.165, 1.54) is 0 Å². The van der Waals surface area contributed by atoms with Crippen LogP contribution in [-0.2, 0) is 20.3 Å². The summed E-state index contributed by atoms with van der Waals surface area (Å²) in [6, 6.07) is 7.72. The second-order valence-electron chi connectivity index (χ2n) is 6.75. The number of benzene rings is 1. The molecule has 1 aromatic carbocycles. The third-order valence-corrected chi connectivity index (χ3v) is 5.17. The van der Waals surface area contributed by atoms with Crippen LogP contribution in [0.25, 0.3) is 0 Å². The SMILES string of the molecule is Cc1ccc([S@](=O)C2=CCC[C@@H]2CC(=O)OC(C)(C)C)cc1. The highest BCUT2D eigenvalue weighted by Crippen LogP contribution is 2.34. The van der Waals surface area contributed by atoms with E-state index in [1.807, 2.05) is 58.0 Å². The van der Waals surface area contributed by atoms with Crippen LogP contribution in [0.2, 0.25) is 0 Å². The normalized spacial score (nSPS) is 19.6. The van der Waals surface area contributed by atoms with Gasteiger partial charge in [-0.15, -0.1) is 0 Å². The first kappa shape index (κ1) is 16.9. The Bertz CT molecular complexity index is 594. The summed E-state index contributed by atoms with van der Waals surface area (Å²) in [5.41, 5.74) is 0.668. The van der Waals surface area contributed by atoms with E-state index in [4.69, 9.17) is 4.74 Å². The van der Waals surface area contributed by atoms with E-state index >= 15 is 0 Å². The standard InChI is InChI=1S/C18H24O3S/c1-13-8-10-15(11-9-13)22(20)16-7-5-6-14(16)12-17(19)21-18(2,3)4/h7-11,14H,5-6,12H2,1-4H3/t14-,22+/m1/s1. The molecule has 0 saturated carbocycles. The van der Waals surface area contributed by atoms with Gasteiger partial charge in [-0.05, 0) is 52.7 Å². The minimum absolute atomic E-state index is 0.0250. The van der Waals surface area contributed by atoms with Crippen LogP contribution >= 0.6 is 0 Å². The summed E-state index contributed by atoms with van der Waals surface area (Å²) >= 11 is 0. The quantitative estimate of drug-likeness (QED) is 0.784. The topological polar surface area (TPSA) is 43.4 Å². The van der Waals surface area contributed by atoms with Crippen LogP contribution in [0.15, 0.2) is 40.1 Å². The maximum absolute atomic E-state index is 12.7. The fourth-order valence-electron chi connectivity index (χ4n) is 2.55. The van der Waals surface area contributed by atoms with Crippen molar-refractivity contribution >= 4 is 16.8 Å². The fourth-order valence-corrected chi connectivity index (χ4v) is 3.98. The maximum Gasteiger partial charge on any atom is 0.306 e. The number of esters is 1. The Kier molecular flexibility index (Phi) is 5.22. The Morgan fingerprint density at radius 2 is 1.91 bits per heavy atom. The maximum atomic E-state index is 12.7. The summed E-state index contributed by atoms with van der Waals surface area (Å²) in [6.07, 6.45) is 4.07. The van der Waals surface area contributed by atoms with Gasteiger partial charge in [-0.1, -0.05) is 23.8 Å². The third-order valence-electron chi connectivity index (χ3n) is 3.55. The van der Waals surface area contributed by atoms with Crippen molar-refractivity contribution in [3.05, 3.63) is 40.8 Å². The summed E-state index contributed by atoms with van der Waals surface area (Å²) in [4.78, 5) is 13.7. The molecule has 0 bridgehead atoms. The fraction of sp³-hybridized carbons (Fsp3) is 0.500. The van der Waals surface area contributed by atoms with Gasteiger partial charge in [0.2, 0.25) is 0 Å². The highest BCUT2D eigenvalue weighted by molar-refractivity contribution is 7.89. The Morgan fingerprint density at radius 3 is 2.50 bits per heavy atom. The zero-order valence-electron chi connectivity index (χ0n) is 13.7. The van der Waals surface area contributed by atoms with Crippen molar-refractivity contribution in [2.45, 2.75) is 57.5 Å². The lowest BCUT2D eigenvalue weighted by molar-refractivity contribution is -0.155. The average molecular weight is 320 g/mol. The highest BCUT2D eigenvalue weighted by atomic mass is 32.2. The van der Waals surface area contributed by atoms with E-state index in [-0.39, 0.29) is 11.9 Å². The zero-order valence-corrected chi connectivity index (χ0v) is 14.5. The van der Waals surface area contributed by atoms with E-state index in [9.17, 15) is 9.00 Å². The molecule has 22 heavy (non-hydrogen) atoms. The van der Waals surface area contributed by atoms with Gasteiger partial charge >= 0.3 is 5.97 Å². The molecule has 0 saturated heterocycles. The van der Waals surface area contributed by atoms with Crippen molar-refractivity contribution in [2.75, 3.05) is 0 Å². The van der Waals surface area contributed by atoms with Gasteiger partial charge in [-0.3, -0.25) is 4.79 Å². The molecule has 1 aliphatic rings. The van der Waals surface area contributed by atoms with Crippen LogP contribution < -0.4 is 0 Å². The molecule has 0 aliphatic heterocycles. The van der Waals surface area contributed by atoms with Crippen molar-refractivity contribution < 1.29 is 13.7 Å². The number of aryl methyl sites for hydroxylation is 1. The highest BCUT2D eigenvalue weighted by Gasteiger charge is 2.29. The summed E-state index contributed by atoms with van der Waals surface area (Å²) in [5, 5.41) is 0. The van der Waals surface area contributed by atoms with Crippen LogP contribution in [0.5, 0.6) is 0 Å². The van der Waals surface area contributed by atoms with E-state index in [1.54, 1.807) is 0 Å². The number of ether oxygens (including phenoxy) is 1. The molecule has 1 aromatic rings. The van der Waals surface area contributed by atoms with Crippen LogP contribution in [0.3, 0.4) is 0 Å². The van der Waals surface area contributed by atoms with E-state index in [0.29, 0.717) is 6.42 Å². The molecule has 3 nitrogen and oxygen atoms in total. The molecule has 0 unspecified atom stereocenters. The summed E-state index contributed by atoms with van der Waals surface area (Å²) < 4.78 is 18.1. The summed E-state index contributed by atoms with van der Waals surface area (Å²) in [6.45, 7) is 7.59. The Morgan fingerprint density at radius 1 is 1.27 bits per heavy atom. The third kappa shape index (κ3) is 4.54. The molecule has 0 aromatic heterocycles. The van der Waals surface area contributed by atoms with E-state index < -0.39 is 16.4 Å². The van der Waals surface area contributed by atoms with Gasteiger partial charge in [0.1, 0.15) is 5.60 Å². The van der Waals surface area contributed by atoms with Gasteiger partial charge in [0.25, 0.3) is 0 Å². The minimum Gasteiger partial charge on any atom is -0.460 e. The predicted octanol–water partition coefficient (Wildman–Crippen LogP) is 4.13. The first-order valence-corrected chi connectivity index (χ1v) is 8.81. The second-order valence-corrected chi connectivity index (χ2v) is 8.23. The van der Waals surface area contributed by atoms with Crippen molar-refractivity contribution in [2.24, 2.45) is 5.92 Å². The van der Waals surface area contributed by atoms with Gasteiger partial charge in [-0.25, -0.2) is 4.21 Å². The molecule has 1 aliphatic carbocycles. The summed E-state index contributed by atoms with van der Waals surface area (Å²) in [5.74, 6) is -0.191. The second kappa shape index (κ2) is 6.78. The van der Waals surface area contributed by atoms with E-state index in [2.05, 4.69) is 0 Å². The molecule has 2 rings (SSSR count). The Hall–Kier alpha value is -1.42. The van der Waals surface area contributed by atoms with Gasteiger partial charge in [0, 0.05) is 15.7 Å². The summed E-state index contributed by atoms with van der Waals surface area (Å²) in [7, 11) is -1.18.